The van der Waals surface area contributed by atoms with Gasteiger partial charge in [0.2, 0.25) is 5.91 Å². The van der Waals surface area contributed by atoms with Crippen molar-refractivity contribution in [3.05, 3.63) is 21.9 Å². The van der Waals surface area contributed by atoms with Crippen molar-refractivity contribution in [1.82, 2.24) is 4.90 Å². The molecule has 0 fully saturated rings. The van der Waals surface area contributed by atoms with Crippen molar-refractivity contribution in [2.45, 2.75) is 46.6 Å². The van der Waals surface area contributed by atoms with Crippen molar-refractivity contribution in [3.8, 4) is 0 Å². The van der Waals surface area contributed by atoms with Crippen LogP contribution in [-0.4, -0.2) is 28.9 Å². The number of carboxylic acid groups (broad SMARTS) is 1. The fraction of sp³-hybridized carbons (Fsp3) is 0.600. The number of amides is 1. The van der Waals surface area contributed by atoms with E-state index in [0.29, 0.717) is 19.4 Å². The molecule has 0 bridgehead atoms. The summed E-state index contributed by atoms with van der Waals surface area (Å²) in [6.45, 7) is 6.22. The van der Waals surface area contributed by atoms with E-state index in [9.17, 15) is 14.7 Å². The molecule has 20 heavy (non-hydrogen) atoms. The van der Waals surface area contributed by atoms with E-state index in [4.69, 9.17) is 0 Å². The molecule has 1 N–H and O–H groups in total. The molecule has 1 aromatic rings. The van der Waals surface area contributed by atoms with E-state index in [1.165, 1.54) is 5.56 Å². The predicted molar refractivity (Wildman–Crippen MR) is 80.8 cm³/mol. The summed E-state index contributed by atoms with van der Waals surface area (Å²) in [5.41, 5.74) is 0.237. The van der Waals surface area contributed by atoms with Gasteiger partial charge in [-0.15, -0.1) is 11.3 Å². The molecule has 0 saturated carbocycles. The van der Waals surface area contributed by atoms with Crippen LogP contribution in [0.5, 0.6) is 0 Å². The van der Waals surface area contributed by atoms with Gasteiger partial charge in [0.15, 0.2) is 0 Å². The van der Waals surface area contributed by atoms with Gasteiger partial charge in [0.1, 0.15) is 0 Å². The zero-order chi connectivity index (χ0) is 15.3. The third-order valence-electron chi connectivity index (χ3n) is 4.07. The minimum absolute atomic E-state index is 0.0657. The van der Waals surface area contributed by atoms with Gasteiger partial charge in [-0.1, -0.05) is 13.8 Å². The zero-order valence-electron chi connectivity index (χ0n) is 12.6. The standard InChI is InChI=1S/C15H23NO3S/c1-5-15(6-2,14(18)19)9-13(17)16(4)10-12-11(3)7-8-20-12/h7-8H,5-6,9-10H2,1-4H3,(H,18,19). The second-order valence-corrected chi connectivity index (χ2v) is 6.25. The molecule has 0 aromatic carbocycles. The Kier molecular flexibility index (Phi) is 5.74. The number of hydrogen-bond donors (Lipinski definition) is 1. The van der Waals surface area contributed by atoms with Gasteiger partial charge in [-0.2, -0.15) is 0 Å². The van der Waals surface area contributed by atoms with Gasteiger partial charge in [0.05, 0.1) is 12.0 Å². The van der Waals surface area contributed by atoms with Gasteiger partial charge in [0, 0.05) is 18.3 Å². The highest BCUT2D eigenvalue weighted by Gasteiger charge is 2.37. The first kappa shape index (κ1) is 16.7. The minimum atomic E-state index is -0.935. The maximum atomic E-state index is 12.3. The molecular weight excluding hydrogens is 274 g/mol. The van der Waals surface area contributed by atoms with Crippen LogP contribution >= 0.6 is 11.3 Å². The van der Waals surface area contributed by atoms with Crippen LogP contribution < -0.4 is 0 Å². The third-order valence-corrected chi connectivity index (χ3v) is 5.08. The lowest BCUT2D eigenvalue weighted by Crippen LogP contribution is -2.37. The van der Waals surface area contributed by atoms with Gasteiger partial charge < -0.3 is 10.0 Å². The Labute approximate surface area is 124 Å². The summed E-state index contributed by atoms with van der Waals surface area (Å²) < 4.78 is 0. The molecule has 0 spiro atoms. The van der Waals surface area contributed by atoms with Gasteiger partial charge in [-0.25, -0.2) is 0 Å². The van der Waals surface area contributed by atoms with E-state index >= 15 is 0 Å². The van der Waals surface area contributed by atoms with Crippen molar-refractivity contribution in [2.24, 2.45) is 5.41 Å². The molecule has 1 rings (SSSR count). The molecule has 1 aromatic heterocycles. The van der Waals surface area contributed by atoms with E-state index in [-0.39, 0.29) is 12.3 Å². The lowest BCUT2D eigenvalue weighted by atomic mass is 9.79. The monoisotopic (exact) mass is 297 g/mol. The van der Waals surface area contributed by atoms with Crippen molar-refractivity contribution in [3.63, 3.8) is 0 Å². The van der Waals surface area contributed by atoms with Crippen molar-refractivity contribution >= 4 is 23.2 Å². The Morgan fingerprint density at radius 1 is 1.35 bits per heavy atom. The van der Waals surface area contributed by atoms with Gasteiger partial charge >= 0.3 is 5.97 Å². The first-order valence-corrected chi connectivity index (χ1v) is 7.74. The number of aliphatic carboxylic acids is 1. The maximum absolute atomic E-state index is 12.3. The van der Waals surface area contributed by atoms with Gasteiger partial charge in [-0.05, 0) is 36.8 Å². The highest BCUT2D eigenvalue weighted by molar-refractivity contribution is 7.10. The second-order valence-electron chi connectivity index (χ2n) is 5.25. The summed E-state index contributed by atoms with van der Waals surface area (Å²) in [5, 5.41) is 11.4. The Balaban J connectivity index is 2.74. The highest BCUT2D eigenvalue weighted by Crippen LogP contribution is 2.32. The first-order chi connectivity index (χ1) is 9.36. The summed E-state index contributed by atoms with van der Waals surface area (Å²) in [6.07, 6.45) is 1.00. The molecule has 0 aliphatic carbocycles. The predicted octanol–water partition coefficient (Wildman–Crippen LogP) is 3.30. The average Bonchev–Trinajstić information content (AvgIpc) is 2.81. The van der Waals surface area contributed by atoms with Crippen molar-refractivity contribution < 1.29 is 14.7 Å². The van der Waals surface area contributed by atoms with E-state index in [1.54, 1.807) is 23.3 Å². The van der Waals surface area contributed by atoms with Crippen LogP contribution in [0.15, 0.2) is 11.4 Å². The van der Waals surface area contributed by atoms with Gasteiger partial charge in [0.25, 0.3) is 0 Å². The topological polar surface area (TPSA) is 57.6 Å². The Morgan fingerprint density at radius 2 is 1.95 bits per heavy atom. The minimum Gasteiger partial charge on any atom is -0.481 e. The fourth-order valence-corrected chi connectivity index (χ4v) is 3.13. The summed E-state index contributed by atoms with van der Waals surface area (Å²) in [6, 6.07) is 2.03. The van der Waals surface area contributed by atoms with Crippen molar-refractivity contribution in [2.75, 3.05) is 7.05 Å². The maximum Gasteiger partial charge on any atom is 0.310 e. The Morgan fingerprint density at radius 3 is 2.35 bits per heavy atom. The number of carboxylic acids is 1. The first-order valence-electron chi connectivity index (χ1n) is 6.86. The van der Waals surface area contributed by atoms with Gasteiger partial charge in [-0.3, -0.25) is 9.59 Å². The van der Waals surface area contributed by atoms with Crippen LogP contribution in [0.25, 0.3) is 0 Å². The molecule has 0 saturated heterocycles. The molecule has 0 aliphatic rings. The molecule has 112 valence electrons. The largest absolute Gasteiger partial charge is 0.481 e. The second kappa shape index (κ2) is 6.88. The van der Waals surface area contributed by atoms with Crippen LogP contribution in [0.3, 0.4) is 0 Å². The molecule has 0 atom stereocenters. The van der Waals surface area contributed by atoms with Crippen LogP contribution in [0, 0.1) is 12.3 Å². The number of thiophene rings is 1. The third kappa shape index (κ3) is 3.60. The molecular formula is C15H23NO3S. The van der Waals surface area contributed by atoms with Crippen LogP contribution in [0.2, 0.25) is 0 Å². The van der Waals surface area contributed by atoms with E-state index in [1.807, 2.05) is 32.2 Å². The smallest absolute Gasteiger partial charge is 0.310 e. The number of nitrogens with zero attached hydrogens (tertiary/aromatic N) is 1. The van der Waals surface area contributed by atoms with E-state index in [2.05, 4.69) is 0 Å². The Bertz CT molecular complexity index is 477. The average molecular weight is 297 g/mol. The number of carbonyl (C=O) groups is 2. The zero-order valence-corrected chi connectivity index (χ0v) is 13.4. The van der Waals surface area contributed by atoms with Crippen LogP contribution in [0.4, 0.5) is 0 Å². The summed E-state index contributed by atoms with van der Waals surface area (Å²) in [5.74, 6) is -0.986. The summed E-state index contributed by atoms with van der Waals surface area (Å²) in [7, 11) is 1.74. The number of hydrogen-bond acceptors (Lipinski definition) is 3. The molecule has 0 aliphatic heterocycles. The molecule has 1 heterocycles. The van der Waals surface area contributed by atoms with Crippen molar-refractivity contribution in [1.29, 1.82) is 0 Å². The van der Waals surface area contributed by atoms with Crippen LogP contribution in [-0.2, 0) is 16.1 Å². The van der Waals surface area contributed by atoms with E-state index < -0.39 is 11.4 Å². The van der Waals surface area contributed by atoms with Crippen LogP contribution in [0.1, 0.15) is 43.6 Å². The number of carbonyl (C=O) groups excluding carboxylic acids is 1. The Hall–Kier alpha value is -1.36. The quantitative estimate of drug-likeness (QED) is 0.840. The number of rotatable bonds is 7. The highest BCUT2D eigenvalue weighted by atomic mass is 32.1. The lowest BCUT2D eigenvalue weighted by Gasteiger charge is -2.28. The SMILES string of the molecule is CCC(CC)(CC(=O)N(C)Cc1sccc1C)C(=O)O. The summed E-state index contributed by atoms with van der Waals surface area (Å²) in [4.78, 5) is 26.5. The molecule has 4 nitrogen and oxygen atoms in total. The van der Waals surface area contributed by atoms with E-state index in [0.717, 1.165) is 4.88 Å². The fourth-order valence-electron chi connectivity index (χ4n) is 2.17. The summed E-state index contributed by atoms with van der Waals surface area (Å²) >= 11 is 1.62. The normalized spacial score (nSPS) is 11.4. The molecule has 0 radical (unpaired) electrons. The molecule has 0 unspecified atom stereocenters. The number of aryl methyl sites for hydroxylation is 1. The molecule has 5 heteroatoms. The molecule has 1 amide bonds. The lowest BCUT2D eigenvalue weighted by molar-refractivity contribution is -0.154.